The second-order valence-electron chi connectivity index (χ2n) is 5.75. The lowest BCUT2D eigenvalue weighted by atomic mass is 10.2. The number of carbonyl (C=O) groups is 1. The van der Waals surface area contributed by atoms with Crippen LogP contribution in [0.25, 0.3) is 0 Å². The predicted molar refractivity (Wildman–Crippen MR) is 99.2 cm³/mol. The Morgan fingerprint density at radius 2 is 1.77 bits per heavy atom. The van der Waals surface area contributed by atoms with E-state index in [1.807, 2.05) is 0 Å². The minimum Gasteiger partial charge on any atom is -0.493 e. The molecule has 0 unspecified atom stereocenters. The minimum atomic E-state index is -3.58. The van der Waals surface area contributed by atoms with Crippen LogP contribution < -0.4 is 14.8 Å². The molecule has 7 nitrogen and oxygen atoms in total. The van der Waals surface area contributed by atoms with Gasteiger partial charge in [0.1, 0.15) is 0 Å². The summed E-state index contributed by atoms with van der Waals surface area (Å²) in [5, 5.41) is 2.68. The number of hydrogen-bond acceptors (Lipinski definition) is 5. The first-order valence-corrected chi connectivity index (χ1v) is 9.28. The zero-order chi connectivity index (χ0) is 19.3. The van der Waals surface area contributed by atoms with Crippen molar-refractivity contribution in [1.82, 2.24) is 4.31 Å². The Bertz CT molecular complexity index is 894. The molecule has 140 valence electrons. The van der Waals surface area contributed by atoms with Gasteiger partial charge in [-0.3, -0.25) is 4.79 Å². The summed E-state index contributed by atoms with van der Waals surface area (Å²) >= 11 is 0. The smallest absolute Gasteiger partial charge is 0.262 e. The van der Waals surface area contributed by atoms with Crippen LogP contribution in [0.4, 0.5) is 5.69 Å². The number of rotatable bonds is 7. The molecule has 2 aromatic rings. The molecule has 0 aliphatic heterocycles. The summed E-state index contributed by atoms with van der Waals surface area (Å²) < 4.78 is 36.2. The van der Waals surface area contributed by atoms with Gasteiger partial charge in [0, 0.05) is 19.8 Å². The summed E-state index contributed by atoms with van der Waals surface area (Å²) in [5.41, 5.74) is 1.16. The maximum Gasteiger partial charge on any atom is 0.262 e. The van der Waals surface area contributed by atoms with Gasteiger partial charge in [-0.15, -0.1) is 0 Å². The predicted octanol–water partition coefficient (Wildman–Crippen LogP) is 2.27. The van der Waals surface area contributed by atoms with Crippen molar-refractivity contribution in [2.24, 2.45) is 0 Å². The molecular weight excluding hydrogens is 356 g/mol. The van der Waals surface area contributed by atoms with E-state index in [0.717, 1.165) is 9.87 Å². The van der Waals surface area contributed by atoms with Crippen LogP contribution in [-0.2, 0) is 14.8 Å². The SMILES string of the molecule is COc1ccccc1OCC(=O)Nc1cc(S(=O)(=O)N(C)C)ccc1C. The summed E-state index contributed by atoms with van der Waals surface area (Å²) in [7, 11) is 0.840. The Balaban J connectivity index is 2.11. The van der Waals surface area contributed by atoms with Gasteiger partial charge in [0.25, 0.3) is 5.91 Å². The van der Waals surface area contributed by atoms with Gasteiger partial charge >= 0.3 is 0 Å². The molecular formula is C18H22N2O5S. The standard InChI is InChI=1S/C18H22N2O5S/c1-13-9-10-14(26(22,23)20(2)3)11-15(13)19-18(21)12-25-17-8-6-5-7-16(17)24-4/h5-11H,12H2,1-4H3,(H,19,21). The number of nitrogens with zero attached hydrogens (tertiary/aromatic N) is 1. The fraction of sp³-hybridized carbons (Fsp3) is 0.278. The number of benzene rings is 2. The van der Waals surface area contributed by atoms with Crippen molar-refractivity contribution in [2.45, 2.75) is 11.8 Å². The molecule has 0 bridgehead atoms. The van der Waals surface area contributed by atoms with E-state index in [4.69, 9.17) is 9.47 Å². The third-order valence-corrected chi connectivity index (χ3v) is 5.50. The fourth-order valence-corrected chi connectivity index (χ4v) is 3.10. The summed E-state index contributed by atoms with van der Waals surface area (Å²) in [6.07, 6.45) is 0. The van der Waals surface area contributed by atoms with E-state index in [0.29, 0.717) is 17.2 Å². The molecule has 0 saturated heterocycles. The zero-order valence-corrected chi connectivity index (χ0v) is 16.0. The third kappa shape index (κ3) is 4.53. The van der Waals surface area contributed by atoms with Crippen LogP contribution in [0.15, 0.2) is 47.4 Å². The second kappa shape index (κ2) is 8.20. The quantitative estimate of drug-likeness (QED) is 0.799. The van der Waals surface area contributed by atoms with Gasteiger partial charge in [-0.25, -0.2) is 12.7 Å². The van der Waals surface area contributed by atoms with Crippen LogP contribution >= 0.6 is 0 Å². The van der Waals surface area contributed by atoms with E-state index >= 15 is 0 Å². The van der Waals surface area contributed by atoms with Gasteiger partial charge in [-0.05, 0) is 36.8 Å². The molecule has 0 aliphatic rings. The van der Waals surface area contributed by atoms with E-state index in [1.54, 1.807) is 37.3 Å². The highest BCUT2D eigenvalue weighted by molar-refractivity contribution is 7.89. The highest BCUT2D eigenvalue weighted by Gasteiger charge is 2.18. The Labute approximate surface area is 153 Å². The van der Waals surface area contributed by atoms with Crippen LogP contribution in [0.5, 0.6) is 11.5 Å². The number of nitrogens with one attached hydrogen (secondary N) is 1. The first kappa shape index (κ1) is 19.7. The van der Waals surface area contributed by atoms with E-state index in [2.05, 4.69) is 5.32 Å². The maximum absolute atomic E-state index is 12.2. The molecule has 0 heterocycles. The molecule has 26 heavy (non-hydrogen) atoms. The zero-order valence-electron chi connectivity index (χ0n) is 15.1. The molecule has 0 fully saturated rings. The number of sulfonamides is 1. The number of amides is 1. The van der Waals surface area contributed by atoms with Crippen molar-refractivity contribution in [3.05, 3.63) is 48.0 Å². The number of ether oxygens (including phenoxy) is 2. The third-order valence-electron chi connectivity index (χ3n) is 3.69. The molecule has 2 aromatic carbocycles. The topological polar surface area (TPSA) is 84.9 Å². The first-order chi connectivity index (χ1) is 12.3. The van der Waals surface area contributed by atoms with E-state index in [-0.39, 0.29) is 11.5 Å². The average Bonchev–Trinajstić information content (AvgIpc) is 2.61. The van der Waals surface area contributed by atoms with E-state index in [1.165, 1.54) is 33.3 Å². The van der Waals surface area contributed by atoms with Gasteiger partial charge in [0.15, 0.2) is 18.1 Å². The average molecular weight is 378 g/mol. The van der Waals surface area contributed by atoms with Crippen molar-refractivity contribution < 1.29 is 22.7 Å². The van der Waals surface area contributed by atoms with Crippen molar-refractivity contribution in [3.63, 3.8) is 0 Å². The molecule has 0 saturated carbocycles. The molecule has 0 aliphatic carbocycles. The van der Waals surface area contributed by atoms with Crippen LogP contribution in [0.2, 0.25) is 0 Å². The molecule has 1 amide bonds. The van der Waals surface area contributed by atoms with E-state index < -0.39 is 15.9 Å². The summed E-state index contributed by atoms with van der Waals surface area (Å²) in [6, 6.07) is 11.6. The normalized spacial score (nSPS) is 11.3. The Morgan fingerprint density at radius 1 is 1.12 bits per heavy atom. The lowest BCUT2D eigenvalue weighted by Gasteiger charge is -2.15. The number of carbonyl (C=O) groups excluding carboxylic acids is 1. The van der Waals surface area contributed by atoms with E-state index in [9.17, 15) is 13.2 Å². The first-order valence-electron chi connectivity index (χ1n) is 7.84. The lowest BCUT2D eigenvalue weighted by molar-refractivity contribution is -0.118. The minimum absolute atomic E-state index is 0.106. The molecule has 0 spiro atoms. The Kier molecular flexibility index (Phi) is 6.23. The number of para-hydroxylation sites is 2. The number of methoxy groups -OCH3 is 1. The molecule has 8 heteroatoms. The molecule has 0 aromatic heterocycles. The Morgan fingerprint density at radius 3 is 2.38 bits per heavy atom. The fourth-order valence-electron chi connectivity index (χ4n) is 2.17. The van der Waals surface area contributed by atoms with Gasteiger partial charge in [0.2, 0.25) is 10.0 Å². The highest BCUT2D eigenvalue weighted by Crippen LogP contribution is 2.26. The van der Waals surface area contributed by atoms with Gasteiger partial charge in [-0.1, -0.05) is 18.2 Å². The number of hydrogen-bond donors (Lipinski definition) is 1. The maximum atomic E-state index is 12.2. The second-order valence-corrected chi connectivity index (χ2v) is 7.90. The summed E-state index contributed by atoms with van der Waals surface area (Å²) in [4.78, 5) is 12.3. The van der Waals surface area contributed by atoms with Crippen LogP contribution in [0, 0.1) is 6.92 Å². The molecule has 1 N–H and O–H groups in total. The summed E-state index contributed by atoms with van der Waals surface area (Å²) in [6.45, 7) is 1.55. The van der Waals surface area contributed by atoms with Gasteiger partial charge < -0.3 is 14.8 Å². The van der Waals surface area contributed by atoms with Crippen LogP contribution in [-0.4, -0.2) is 46.4 Å². The van der Waals surface area contributed by atoms with Crippen molar-refractivity contribution in [2.75, 3.05) is 33.1 Å². The monoisotopic (exact) mass is 378 g/mol. The van der Waals surface area contributed by atoms with Crippen molar-refractivity contribution >= 4 is 21.6 Å². The lowest BCUT2D eigenvalue weighted by Crippen LogP contribution is -2.23. The molecule has 2 rings (SSSR count). The largest absolute Gasteiger partial charge is 0.493 e. The molecule has 0 radical (unpaired) electrons. The Hall–Kier alpha value is -2.58. The molecule has 0 atom stereocenters. The van der Waals surface area contributed by atoms with Crippen molar-refractivity contribution in [3.8, 4) is 11.5 Å². The number of aryl methyl sites for hydroxylation is 1. The van der Waals surface area contributed by atoms with Crippen molar-refractivity contribution in [1.29, 1.82) is 0 Å². The summed E-state index contributed by atoms with van der Waals surface area (Å²) in [5.74, 6) is 0.569. The van der Waals surface area contributed by atoms with Gasteiger partial charge in [-0.2, -0.15) is 0 Å². The highest BCUT2D eigenvalue weighted by atomic mass is 32.2. The van der Waals surface area contributed by atoms with Crippen LogP contribution in [0.1, 0.15) is 5.56 Å². The van der Waals surface area contributed by atoms with Crippen LogP contribution in [0.3, 0.4) is 0 Å². The van der Waals surface area contributed by atoms with Gasteiger partial charge in [0.05, 0.1) is 12.0 Å². The number of anilines is 1.